The highest BCUT2D eigenvalue weighted by Gasteiger charge is 2.18. The average Bonchev–Trinajstić information content (AvgIpc) is 2.49. The van der Waals surface area contributed by atoms with Gasteiger partial charge in [0.1, 0.15) is 17.3 Å². The SMILES string of the molecule is COc1ccccc1CN(C)C(=O)c1nc(N)ccc1Cl. The number of halogens is 1. The third-order valence-electron chi connectivity index (χ3n) is 3.02. The Kier molecular flexibility index (Phi) is 4.65. The van der Waals surface area contributed by atoms with E-state index in [1.807, 2.05) is 24.3 Å². The van der Waals surface area contributed by atoms with Crippen LogP contribution in [0.3, 0.4) is 0 Å². The van der Waals surface area contributed by atoms with Crippen LogP contribution in [0, 0.1) is 0 Å². The van der Waals surface area contributed by atoms with Gasteiger partial charge in [-0.25, -0.2) is 4.98 Å². The number of pyridine rings is 1. The summed E-state index contributed by atoms with van der Waals surface area (Å²) in [5.41, 5.74) is 6.65. The molecule has 110 valence electrons. The Balaban J connectivity index is 2.22. The van der Waals surface area contributed by atoms with Crippen LogP contribution in [0.1, 0.15) is 16.1 Å². The predicted octanol–water partition coefficient (Wildman–Crippen LogP) is 2.60. The molecule has 0 saturated carbocycles. The van der Waals surface area contributed by atoms with Crippen molar-refractivity contribution in [1.82, 2.24) is 9.88 Å². The first-order valence-corrected chi connectivity index (χ1v) is 6.70. The molecule has 0 aliphatic heterocycles. The fourth-order valence-electron chi connectivity index (χ4n) is 1.95. The molecule has 2 N–H and O–H groups in total. The number of hydrogen-bond acceptors (Lipinski definition) is 4. The Labute approximate surface area is 128 Å². The van der Waals surface area contributed by atoms with Crippen LogP contribution >= 0.6 is 11.6 Å². The van der Waals surface area contributed by atoms with Gasteiger partial charge in [0.05, 0.1) is 12.1 Å². The molecule has 0 spiro atoms. The van der Waals surface area contributed by atoms with Crippen molar-refractivity contribution in [2.75, 3.05) is 19.9 Å². The van der Waals surface area contributed by atoms with Crippen molar-refractivity contribution in [3.8, 4) is 5.75 Å². The minimum absolute atomic E-state index is 0.147. The molecule has 2 rings (SSSR count). The van der Waals surface area contributed by atoms with Crippen molar-refractivity contribution in [2.24, 2.45) is 0 Å². The number of ether oxygens (including phenoxy) is 1. The maximum atomic E-state index is 12.4. The topological polar surface area (TPSA) is 68.5 Å². The number of amides is 1. The van der Waals surface area contributed by atoms with Gasteiger partial charge in [-0.1, -0.05) is 29.8 Å². The Hall–Kier alpha value is -2.27. The molecule has 0 fully saturated rings. The van der Waals surface area contributed by atoms with Crippen LogP contribution in [-0.2, 0) is 6.54 Å². The highest BCUT2D eigenvalue weighted by atomic mass is 35.5. The number of carbonyl (C=O) groups excluding carboxylic acids is 1. The van der Waals surface area contributed by atoms with Gasteiger partial charge in [-0.3, -0.25) is 4.79 Å². The maximum absolute atomic E-state index is 12.4. The molecular weight excluding hydrogens is 290 g/mol. The summed E-state index contributed by atoms with van der Waals surface area (Å²) >= 11 is 6.01. The quantitative estimate of drug-likeness (QED) is 0.942. The standard InChI is InChI=1S/C15H16ClN3O2/c1-19(9-10-5-3-4-6-12(10)21-2)15(20)14-11(16)7-8-13(17)18-14/h3-8H,9H2,1-2H3,(H2,17,18). The summed E-state index contributed by atoms with van der Waals surface area (Å²) in [5.74, 6) is 0.690. The van der Waals surface area contributed by atoms with Gasteiger partial charge in [0.15, 0.2) is 0 Å². The van der Waals surface area contributed by atoms with E-state index in [2.05, 4.69) is 4.98 Å². The second-order valence-corrected chi connectivity index (χ2v) is 4.95. The van der Waals surface area contributed by atoms with Gasteiger partial charge >= 0.3 is 0 Å². The molecule has 0 aliphatic carbocycles. The summed E-state index contributed by atoms with van der Waals surface area (Å²) in [6.07, 6.45) is 0. The van der Waals surface area contributed by atoms with E-state index < -0.39 is 0 Å². The van der Waals surface area contributed by atoms with Crippen LogP contribution in [0.4, 0.5) is 5.82 Å². The average molecular weight is 306 g/mol. The van der Waals surface area contributed by atoms with Crippen molar-refractivity contribution in [3.05, 3.63) is 52.7 Å². The van der Waals surface area contributed by atoms with E-state index in [9.17, 15) is 4.79 Å². The lowest BCUT2D eigenvalue weighted by Crippen LogP contribution is -2.27. The summed E-state index contributed by atoms with van der Waals surface area (Å²) in [4.78, 5) is 17.9. The van der Waals surface area contributed by atoms with Gasteiger partial charge < -0.3 is 15.4 Å². The predicted molar refractivity (Wildman–Crippen MR) is 82.5 cm³/mol. The smallest absolute Gasteiger partial charge is 0.274 e. The van der Waals surface area contributed by atoms with E-state index in [-0.39, 0.29) is 22.4 Å². The number of nitrogens with zero attached hydrogens (tertiary/aromatic N) is 2. The fraction of sp³-hybridized carbons (Fsp3) is 0.200. The number of methoxy groups -OCH3 is 1. The number of benzene rings is 1. The number of nitrogens with two attached hydrogens (primary N) is 1. The van der Waals surface area contributed by atoms with Crippen LogP contribution in [-0.4, -0.2) is 29.9 Å². The van der Waals surface area contributed by atoms with Gasteiger partial charge in [-0.2, -0.15) is 0 Å². The molecule has 1 aromatic carbocycles. The molecule has 0 saturated heterocycles. The summed E-state index contributed by atoms with van der Waals surface area (Å²) in [5, 5.41) is 0.279. The van der Waals surface area contributed by atoms with Gasteiger partial charge in [-0.15, -0.1) is 0 Å². The third-order valence-corrected chi connectivity index (χ3v) is 3.32. The second-order valence-electron chi connectivity index (χ2n) is 4.54. The molecule has 0 radical (unpaired) electrons. The first kappa shape index (κ1) is 15.1. The number of para-hydroxylation sites is 1. The van der Waals surface area contributed by atoms with E-state index in [1.54, 1.807) is 26.3 Å². The normalized spacial score (nSPS) is 10.2. The Morgan fingerprint density at radius 2 is 2.05 bits per heavy atom. The highest BCUT2D eigenvalue weighted by Crippen LogP contribution is 2.21. The lowest BCUT2D eigenvalue weighted by molar-refractivity contribution is 0.0778. The van der Waals surface area contributed by atoms with Crippen molar-refractivity contribution in [2.45, 2.75) is 6.54 Å². The lowest BCUT2D eigenvalue weighted by atomic mass is 10.2. The third kappa shape index (κ3) is 3.44. The van der Waals surface area contributed by atoms with Crippen molar-refractivity contribution in [1.29, 1.82) is 0 Å². The zero-order chi connectivity index (χ0) is 15.4. The summed E-state index contributed by atoms with van der Waals surface area (Å²) < 4.78 is 5.27. The van der Waals surface area contributed by atoms with E-state index in [0.717, 1.165) is 11.3 Å². The number of aromatic nitrogens is 1. The molecule has 1 amide bonds. The molecule has 2 aromatic rings. The first-order chi connectivity index (χ1) is 10.0. The Morgan fingerprint density at radius 3 is 2.76 bits per heavy atom. The second kappa shape index (κ2) is 6.45. The van der Waals surface area contributed by atoms with Crippen LogP contribution in [0.5, 0.6) is 5.75 Å². The molecule has 21 heavy (non-hydrogen) atoms. The highest BCUT2D eigenvalue weighted by molar-refractivity contribution is 6.33. The Morgan fingerprint density at radius 1 is 1.33 bits per heavy atom. The minimum atomic E-state index is -0.293. The molecular formula is C15H16ClN3O2. The van der Waals surface area contributed by atoms with Crippen LogP contribution in [0.25, 0.3) is 0 Å². The lowest BCUT2D eigenvalue weighted by Gasteiger charge is -2.19. The van der Waals surface area contributed by atoms with Gasteiger partial charge in [-0.05, 0) is 18.2 Å². The molecule has 0 unspecified atom stereocenters. The molecule has 0 aliphatic rings. The largest absolute Gasteiger partial charge is 0.496 e. The monoisotopic (exact) mass is 305 g/mol. The van der Waals surface area contributed by atoms with Gasteiger partial charge in [0.25, 0.3) is 5.91 Å². The van der Waals surface area contributed by atoms with E-state index >= 15 is 0 Å². The maximum Gasteiger partial charge on any atom is 0.274 e. The number of anilines is 1. The van der Waals surface area contributed by atoms with E-state index in [0.29, 0.717) is 6.54 Å². The summed E-state index contributed by atoms with van der Waals surface area (Å²) in [6.45, 7) is 0.385. The zero-order valence-electron chi connectivity index (χ0n) is 11.8. The molecule has 1 heterocycles. The number of rotatable bonds is 4. The number of hydrogen-bond donors (Lipinski definition) is 1. The summed E-state index contributed by atoms with van der Waals surface area (Å²) in [6, 6.07) is 10.6. The fourth-order valence-corrected chi connectivity index (χ4v) is 2.14. The van der Waals surface area contributed by atoms with Gasteiger partial charge in [0, 0.05) is 19.2 Å². The molecule has 0 atom stereocenters. The van der Waals surface area contributed by atoms with E-state index in [4.69, 9.17) is 22.1 Å². The van der Waals surface area contributed by atoms with Crippen LogP contribution < -0.4 is 10.5 Å². The van der Waals surface area contributed by atoms with E-state index in [1.165, 1.54) is 4.90 Å². The van der Waals surface area contributed by atoms with Gasteiger partial charge in [0.2, 0.25) is 0 Å². The molecule has 1 aromatic heterocycles. The minimum Gasteiger partial charge on any atom is -0.496 e. The van der Waals surface area contributed by atoms with Crippen molar-refractivity contribution >= 4 is 23.3 Å². The zero-order valence-corrected chi connectivity index (χ0v) is 12.6. The number of nitrogen functional groups attached to an aromatic ring is 1. The van der Waals surface area contributed by atoms with Crippen molar-refractivity contribution in [3.63, 3.8) is 0 Å². The summed E-state index contributed by atoms with van der Waals surface area (Å²) in [7, 11) is 3.27. The molecule has 0 bridgehead atoms. The van der Waals surface area contributed by atoms with Crippen molar-refractivity contribution < 1.29 is 9.53 Å². The van der Waals surface area contributed by atoms with Crippen LogP contribution in [0.2, 0.25) is 5.02 Å². The first-order valence-electron chi connectivity index (χ1n) is 6.32. The number of carbonyl (C=O) groups is 1. The molecule has 5 nitrogen and oxygen atoms in total. The molecule has 6 heteroatoms. The Bertz CT molecular complexity index is 661. The van der Waals surface area contributed by atoms with Crippen LogP contribution in [0.15, 0.2) is 36.4 Å².